The number of benzene rings is 2. The third-order valence-corrected chi connectivity index (χ3v) is 7.75. The van der Waals surface area contributed by atoms with Crippen LogP contribution in [0.15, 0.2) is 66.0 Å². The zero-order chi connectivity index (χ0) is 24.4. The molecule has 0 radical (unpaired) electrons. The van der Waals surface area contributed by atoms with Crippen molar-refractivity contribution in [2.24, 2.45) is 0 Å². The summed E-state index contributed by atoms with van der Waals surface area (Å²) in [4.78, 5) is 24.6. The Labute approximate surface area is 204 Å². The van der Waals surface area contributed by atoms with Gasteiger partial charge in [-0.1, -0.05) is 6.07 Å². The zero-order valence-corrected chi connectivity index (χ0v) is 19.6. The average molecular weight is 499 g/mol. The Morgan fingerprint density at radius 1 is 1.03 bits per heavy atom. The SMILES string of the molecule is O=C(C(O)c1ccc2c(c1)OCO2)N1CCN(c2ccc(S(=O)(=O)Cc3ccncn3)cc2)CC1.[HH]. The highest BCUT2D eigenvalue weighted by molar-refractivity contribution is 7.90. The maximum absolute atomic E-state index is 12.9. The Hall–Kier alpha value is -3.70. The Morgan fingerprint density at radius 2 is 1.77 bits per heavy atom. The van der Waals surface area contributed by atoms with Crippen molar-refractivity contribution in [2.75, 3.05) is 37.9 Å². The number of piperazine rings is 1. The van der Waals surface area contributed by atoms with Gasteiger partial charge in [-0.3, -0.25) is 4.79 Å². The number of carbonyl (C=O) groups is 1. The fraction of sp³-hybridized carbons (Fsp3) is 0.292. The van der Waals surface area contributed by atoms with Crippen molar-refractivity contribution >= 4 is 21.4 Å². The Bertz CT molecular complexity index is 1320. The second-order valence-electron chi connectivity index (χ2n) is 8.28. The molecular formula is C24H26N4O6S. The molecule has 5 rings (SSSR count). The number of aliphatic hydroxyl groups excluding tert-OH is 1. The van der Waals surface area contributed by atoms with Gasteiger partial charge in [0.2, 0.25) is 6.79 Å². The van der Waals surface area contributed by atoms with Crippen molar-refractivity contribution in [3.05, 3.63) is 72.3 Å². The van der Waals surface area contributed by atoms with E-state index in [1.54, 1.807) is 53.4 Å². The van der Waals surface area contributed by atoms with Crippen LogP contribution in [0.4, 0.5) is 5.69 Å². The monoisotopic (exact) mass is 498 g/mol. The summed E-state index contributed by atoms with van der Waals surface area (Å²) in [7, 11) is -3.53. The first-order chi connectivity index (χ1) is 16.9. The van der Waals surface area contributed by atoms with Gasteiger partial charge in [-0.15, -0.1) is 0 Å². The first-order valence-electron chi connectivity index (χ1n) is 11.1. The van der Waals surface area contributed by atoms with Crippen molar-refractivity contribution < 1.29 is 29.2 Å². The predicted octanol–water partition coefficient (Wildman–Crippen LogP) is 1.81. The van der Waals surface area contributed by atoms with E-state index in [0.29, 0.717) is 48.9 Å². The zero-order valence-electron chi connectivity index (χ0n) is 18.8. The second kappa shape index (κ2) is 9.51. The summed E-state index contributed by atoms with van der Waals surface area (Å²) in [6, 6.07) is 13.3. The number of anilines is 1. The minimum Gasteiger partial charge on any atom is -0.454 e. The normalized spacial score (nSPS) is 16.3. The number of aromatic nitrogens is 2. The lowest BCUT2D eigenvalue weighted by Gasteiger charge is -2.37. The van der Waals surface area contributed by atoms with Gasteiger partial charge in [0.25, 0.3) is 5.91 Å². The van der Waals surface area contributed by atoms with Crippen LogP contribution in [0.5, 0.6) is 11.5 Å². The number of aliphatic hydroxyl groups is 1. The summed E-state index contributed by atoms with van der Waals surface area (Å²) >= 11 is 0. The summed E-state index contributed by atoms with van der Waals surface area (Å²) < 4.78 is 36.0. The smallest absolute Gasteiger partial charge is 0.256 e. The van der Waals surface area contributed by atoms with E-state index in [9.17, 15) is 18.3 Å². The van der Waals surface area contributed by atoms with E-state index in [4.69, 9.17) is 9.47 Å². The third-order valence-electron chi connectivity index (χ3n) is 6.08. The summed E-state index contributed by atoms with van der Waals surface area (Å²) in [5.74, 6) is 0.549. The molecule has 1 aromatic heterocycles. The number of carbonyl (C=O) groups excluding carboxylic acids is 1. The predicted molar refractivity (Wildman–Crippen MR) is 128 cm³/mol. The Balaban J connectivity index is 0.00000304. The second-order valence-corrected chi connectivity index (χ2v) is 10.3. The van der Waals surface area contributed by atoms with Crippen molar-refractivity contribution in [3.8, 4) is 11.5 Å². The van der Waals surface area contributed by atoms with E-state index in [1.165, 1.54) is 12.5 Å². The molecule has 2 aliphatic rings. The standard InChI is InChI=1S/C24H24N4O6S.H2/c29-23(17-1-6-21-22(13-17)34-16-33-21)24(30)28-11-9-27(10-12-28)19-2-4-20(5-3-19)35(31,32)14-18-7-8-25-15-26-18;/h1-8,13,15,23,29H,9-12,14,16H2;1H. The highest BCUT2D eigenvalue weighted by Gasteiger charge is 2.28. The molecule has 0 saturated carbocycles. The number of amides is 1. The Morgan fingerprint density at radius 3 is 2.49 bits per heavy atom. The van der Waals surface area contributed by atoms with Crippen LogP contribution in [-0.4, -0.2) is 67.3 Å². The molecular weight excluding hydrogens is 472 g/mol. The summed E-state index contributed by atoms with van der Waals surface area (Å²) in [6.07, 6.45) is 1.56. The van der Waals surface area contributed by atoms with Crippen LogP contribution in [0, 0.1) is 0 Å². The van der Waals surface area contributed by atoms with Crippen LogP contribution in [0.3, 0.4) is 0 Å². The van der Waals surface area contributed by atoms with Crippen molar-refractivity contribution in [2.45, 2.75) is 16.8 Å². The number of sulfone groups is 1. The van der Waals surface area contributed by atoms with E-state index in [1.807, 2.05) is 0 Å². The molecule has 1 atom stereocenters. The van der Waals surface area contributed by atoms with Gasteiger partial charge >= 0.3 is 0 Å². The molecule has 1 fully saturated rings. The van der Waals surface area contributed by atoms with Gasteiger partial charge in [-0.2, -0.15) is 0 Å². The molecule has 35 heavy (non-hydrogen) atoms. The minimum absolute atomic E-state index is 0. The topological polar surface area (TPSA) is 122 Å². The van der Waals surface area contributed by atoms with E-state index < -0.39 is 15.9 Å². The van der Waals surface area contributed by atoms with Gasteiger partial charge in [0.1, 0.15) is 6.33 Å². The van der Waals surface area contributed by atoms with E-state index in [0.717, 1.165) is 5.69 Å². The van der Waals surface area contributed by atoms with Crippen molar-refractivity contribution in [3.63, 3.8) is 0 Å². The summed E-state index contributed by atoms with van der Waals surface area (Å²) in [6.45, 7) is 2.13. The van der Waals surface area contributed by atoms with Gasteiger partial charge in [0, 0.05) is 39.5 Å². The molecule has 3 heterocycles. The molecule has 3 aromatic rings. The number of ether oxygens (including phenoxy) is 2. The van der Waals surface area contributed by atoms with Gasteiger partial charge in [0.05, 0.1) is 16.3 Å². The third kappa shape index (κ3) is 4.91. The Kier molecular flexibility index (Phi) is 6.27. The number of hydrogen-bond donors (Lipinski definition) is 1. The lowest BCUT2D eigenvalue weighted by molar-refractivity contribution is -0.140. The molecule has 184 valence electrons. The van der Waals surface area contributed by atoms with E-state index in [-0.39, 0.29) is 24.8 Å². The number of nitrogens with zero attached hydrogens (tertiary/aromatic N) is 4. The highest BCUT2D eigenvalue weighted by Crippen LogP contribution is 2.34. The molecule has 10 nitrogen and oxygen atoms in total. The number of hydrogen-bond acceptors (Lipinski definition) is 9. The van der Waals surface area contributed by atoms with E-state index >= 15 is 0 Å². The van der Waals surface area contributed by atoms with Gasteiger partial charge < -0.3 is 24.4 Å². The molecule has 0 bridgehead atoms. The fourth-order valence-corrected chi connectivity index (χ4v) is 5.41. The molecule has 0 spiro atoms. The van der Waals surface area contributed by atoms with Crippen molar-refractivity contribution in [1.82, 2.24) is 14.9 Å². The molecule has 1 unspecified atom stereocenters. The summed E-state index contributed by atoms with van der Waals surface area (Å²) in [5.41, 5.74) is 1.77. The molecule has 11 heteroatoms. The minimum atomic E-state index is -3.53. The number of fused-ring (bicyclic) bond motifs is 1. The molecule has 1 amide bonds. The average Bonchev–Trinajstić information content (AvgIpc) is 3.36. The molecule has 1 saturated heterocycles. The van der Waals surface area contributed by atoms with Gasteiger partial charge in [-0.25, -0.2) is 18.4 Å². The molecule has 2 aromatic carbocycles. The summed E-state index contributed by atoms with van der Waals surface area (Å²) in [5, 5.41) is 10.6. The fourth-order valence-electron chi connectivity index (χ4n) is 4.13. The lowest BCUT2D eigenvalue weighted by Crippen LogP contribution is -2.50. The molecule has 2 aliphatic heterocycles. The maximum Gasteiger partial charge on any atom is 0.256 e. The lowest BCUT2D eigenvalue weighted by atomic mass is 10.1. The first-order valence-corrected chi connectivity index (χ1v) is 12.7. The quantitative estimate of drug-likeness (QED) is 0.542. The van der Waals surface area contributed by atoms with Crippen molar-refractivity contribution in [1.29, 1.82) is 0 Å². The molecule has 0 aliphatic carbocycles. The van der Waals surface area contributed by atoms with Crippen LogP contribution < -0.4 is 14.4 Å². The van der Waals surface area contributed by atoms with Crippen LogP contribution in [-0.2, 0) is 20.4 Å². The van der Waals surface area contributed by atoms with Crippen LogP contribution in [0.25, 0.3) is 0 Å². The van der Waals surface area contributed by atoms with E-state index in [2.05, 4.69) is 14.9 Å². The maximum atomic E-state index is 12.9. The largest absolute Gasteiger partial charge is 0.454 e. The molecule has 1 N–H and O–H groups in total. The van der Waals surface area contributed by atoms with Gasteiger partial charge in [0.15, 0.2) is 27.4 Å². The van der Waals surface area contributed by atoms with Gasteiger partial charge in [-0.05, 0) is 48.0 Å². The van der Waals surface area contributed by atoms with Crippen LogP contribution in [0.1, 0.15) is 18.8 Å². The van der Waals surface area contributed by atoms with Crippen LogP contribution >= 0.6 is 0 Å². The highest BCUT2D eigenvalue weighted by atomic mass is 32.2. The first kappa shape index (κ1) is 23.1. The number of rotatable bonds is 6. The van der Waals surface area contributed by atoms with Crippen LogP contribution in [0.2, 0.25) is 0 Å².